The van der Waals surface area contributed by atoms with E-state index >= 15 is 0 Å². The molecule has 0 aliphatic heterocycles. The van der Waals surface area contributed by atoms with E-state index in [4.69, 9.17) is 14.5 Å². The highest BCUT2D eigenvalue weighted by Gasteiger charge is 2.20. The third-order valence-corrected chi connectivity index (χ3v) is 6.10. The molecule has 0 spiro atoms. The minimum Gasteiger partial charge on any atom is -0.497 e. The van der Waals surface area contributed by atoms with Crippen molar-refractivity contribution >= 4 is 11.7 Å². The number of ether oxygens (including phenoxy) is 2. The fourth-order valence-electron chi connectivity index (χ4n) is 4.38. The number of anilines is 1. The summed E-state index contributed by atoms with van der Waals surface area (Å²) >= 11 is 0. The summed E-state index contributed by atoms with van der Waals surface area (Å²) in [6.45, 7) is 4.02. The van der Waals surface area contributed by atoms with Crippen LogP contribution in [-0.4, -0.2) is 29.1 Å². The second kappa shape index (κ2) is 11.1. The zero-order chi connectivity index (χ0) is 23.9. The first-order valence-corrected chi connectivity index (χ1v) is 12.1. The van der Waals surface area contributed by atoms with E-state index in [2.05, 4.69) is 10.3 Å². The molecule has 34 heavy (non-hydrogen) atoms. The Morgan fingerprint density at radius 2 is 1.71 bits per heavy atom. The van der Waals surface area contributed by atoms with Gasteiger partial charge in [0.1, 0.15) is 11.5 Å². The predicted octanol–water partition coefficient (Wildman–Crippen LogP) is 5.85. The van der Waals surface area contributed by atoms with Crippen molar-refractivity contribution in [3.63, 3.8) is 0 Å². The summed E-state index contributed by atoms with van der Waals surface area (Å²) < 4.78 is 10.9. The smallest absolute Gasteiger partial charge is 0.229 e. The van der Waals surface area contributed by atoms with Gasteiger partial charge in [-0.3, -0.25) is 4.79 Å². The zero-order valence-corrected chi connectivity index (χ0v) is 20.2. The van der Waals surface area contributed by atoms with Gasteiger partial charge in [-0.2, -0.15) is 0 Å². The lowest BCUT2D eigenvalue weighted by atomic mass is 10.0. The molecule has 178 valence electrons. The number of amides is 1. The van der Waals surface area contributed by atoms with E-state index in [9.17, 15) is 4.79 Å². The normalized spacial score (nSPS) is 13.8. The van der Waals surface area contributed by atoms with E-state index in [0.717, 1.165) is 40.4 Å². The fraction of sp³-hybridized carbons (Fsp3) is 0.393. The summed E-state index contributed by atoms with van der Waals surface area (Å²) in [5.74, 6) is 2.65. The second-order valence-electron chi connectivity index (χ2n) is 9.17. The molecule has 6 heteroatoms. The first-order chi connectivity index (χ1) is 16.5. The molecule has 1 N–H and O–H groups in total. The Hall–Kier alpha value is -3.41. The SMILES string of the molecule is COc1ccc(CC(=O)Nc2ncc(-c3ccc(OC(C)C)cc3)nc2CC2CCCC2)cc1. The Labute approximate surface area is 201 Å². The van der Waals surface area contributed by atoms with Gasteiger partial charge in [-0.15, -0.1) is 0 Å². The summed E-state index contributed by atoms with van der Waals surface area (Å²) in [5.41, 5.74) is 3.56. The molecule has 0 saturated heterocycles. The Morgan fingerprint density at radius 1 is 1.03 bits per heavy atom. The molecule has 1 heterocycles. The van der Waals surface area contributed by atoms with Gasteiger partial charge in [0.05, 0.1) is 37.2 Å². The zero-order valence-electron chi connectivity index (χ0n) is 20.2. The topological polar surface area (TPSA) is 73.3 Å². The van der Waals surface area contributed by atoms with E-state index in [-0.39, 0.29) is 18.4 Å². The minimum absolute atomic E-state index is 0.102. The molecule has 1 amide bonds. The average molecular weight is 460 g/mol. The number of hydrogen-bond acceptors (Lipinski definition) is 5. The minimum atomic E-state index is -0.102. The van der Waals surface area contributed by atoms with Crippen molar-refractivity contribution in [3.05, 3.63) is 66.0 Å². The lowest BCUT2D eigenvalue weighted by Crippen LogP contribution is -2.18. The molecular formula is C28H33N3O3. The number of carbonyl (C=O) groups excluding carboxylic acids is 1. The van der Waals surface area contributed by atoms with Gasteiger partial charge >= 0.3 is 0 Å². The molecule has 1 aliphatic rings. The van der Waals surface area contributed by atoms with Crippen molar-refractivity contribution in [2.24, 2.45) is 5.92 Å². The van der Waals surface area contributed by atoms with Crippen LogP contribution in [0.4, 0.5) is 5.82 Å². The maximum atomic E-state index is 12.8. The number of rotatable bonds is 9. The summed E-state index contributed by atoms with van der Waals surface area (Å²) in [5, 5.41) is 3.01. The Morgan fingerprint density at radius 3 is 2.35 bits per heavy atom. The number of benzene rings is 2. The van der Waals surface area contributed by atoms with E-state index < -0.39 is 0 Å². The third-order valence-electron chi connectivity index (χ3n) is 6.10. The molecule has 4 rings (SSSR count). The highest BCUT2D eigenvalue weighted by Crippen LogP contribution is 2.30. The van der Waals surface area contributed by atoms with Gasteiger partial charge in [0.2, 0.25) is 5.91 Å². The molecule has 2 aromatic carbocycles. The highest BCUT2D eigenvalue weighted by atomic mass is 16.5. The summed E-state index contributed by atoms with van der Waals surface area (Å²) in [6.07, 6.45) is 7.88. The van der Waals surface area contributed by atoms with Crippen LogP contribution >= 0.6 is 0 Å². The van der Waals surface area contributed by atoms with Crippen molar-refractivity contribution in [2.75, 3.05) is 12.4 Å². The van der Waals surface area contributed by atoms with Crippen molar-refractivity contribution < 1.29 is 14.3 Å². The lowest BCUT2D eigenvalue weighted by Gasteiger charge is -2.15. The van der Waals surface area contributed by atoms with Gasteiger partial charge in [0, 0.05) is 5.56 Å². The van der Waals surface area contributed by atoms with E-state index in [0.29, 0.717) is 11.7 Å². The van der Waals surface area contributed by atoms with Crippen molar-refractivity contribution in [3.8, 4) is 22.8 Å². The van der Waals surface area contributed by atoms with Crippen LogP contribution in [0.2, 0.25) is 0 Å². The molecule has 0 unspecified atom stereocenters. The van der Waals surface area contributed by atoms with Crippen LogP contribution in [0.3, 0.4) is 0 Å². The number of hydrogen-bond donors (Lipinski definition) is 1. The monoisotopic (exact) mass is 459 g/mol. The molecule has 0 bridgehead atoms. The standard InChI is InChI=1S/C28H33N3O3/c1-19(2)34-24-14-10-22(11-15-24)26-18-29-28(25(30-26)16-20-6-4-5-7-20)31-27(32)17-21-8-12-23(33-3)13-9-21/h8-15,18-20H,4-7,16-17H2,1-3H3,(H,29,31,32). The number of nitrogens with one attached hydrogen (secondary N) is 1. The predicted molar refractivity (Wildman–Crippen MR) is 134 cm³/mol. The van der Waals surface area contributed by atoms with Crippen molar-refractivity contribution in [1.29, 1.82) is 0 Å². The molecule has 1 aromatic heterocycles. The molecule has 0 radical (unpaired) electrons. The average Bonchev–Trinajstić information content (AvgIpc) is 3.34. The molecule has 3 aromatic rings. The van der Waals surface area contributed by atoms with E-state index in [1.165, 1.54) is 25.7 Å². The van der Waals surface area contributed by atoms with Crippen molar-refractivity contribution in [1.82, 2.24) is 9.97 Å². The first kappa shape index (κ1) is 23.7. The Kier molecular flexibility index (Phi) is 7.78. The Balaban J connectivity index is 1.52. The van der Waals surface area contributed by atoms with Crippen LogP contribution in [0.5, 0.6) is 11.5 Å². The maximum absolute atomic E-state index is 12.8. The Bertz CT molecular complexity index is 1090. The lowest BCUT2D eigenvalue weighted by molar-refractivity contribution is -0.115. The van der Waals surface area contributed by atoms with E-state index in [1.54, 1.807) is 13.3 Å². The first-order valence-electron chi connectivity index (χ1n) is 12.1. The third kappa shape index (κ3) is 6.34. The summed E-state index contributed by atoms with van der Waals surface area (Å²) in [6, 6.07) is 15.4. The fourth-order valence-corrected chi connectivity index (χ4v) is 4.38. The molecule has 1 aliphatic carbocycles. The molecular weight excluding hydrogens is 426 g/mol. The van der Waals surface area contributed by atoms with Crippen LogP contribution in [0.25, 0.3) is 11.3 Å². The number of nitrogens with zero attached hydrogens (tertiary/aromatic N) is 2. The van der Waals surface area contributed by atoms with E-state index in [1.807, 2.05) is 62.4 Å². The highest BCUT2D eigenvalue weighted by molar-refractivity contribution is 5.92. The molecule has 1 fully saturated rings. The van der Waals surface area contributed by atoms with Crippen LogP contribution in [-0.2, 0) is 17.6 Å². The van der Waals surface area contributed by atoms with Gasteiger partial charge in [-0.25, -0.2) is 9.97 Å². The largest absolute Gasteiger partial charge is 0.497 e. The molecule has 6 nitrogen and oxygen atoms in total. The van der Waals surface area contributed by atoms with Crippen LogP contribution in [0.1, 0.15) is 50.8 Å². The van der Waals surface area contributed by atoms with Gasteiger partial charge in [-0.05, 0) is 68.1 Å². The number of carbonyl (C=O) groups is 1. The summed E-state index contributed by atoms with van der Waals surface area (Å²) in [7, 11) is 1.63. The number of methoxy groups -OCH3 is 1. The van der Waals surface area contributed by atoms with Gasteiger partial charge in [0.25, 0.3) is 0 Å². The summed E-state index contributed by atoms with van der Waals surface area (Å²) in [4.78, 5) is 22.4. The molecule has 1 saturated carbocycles. The van der Waals surface area contributed by atoms with Gasteiger partial charge in [-0.1, -0.05) is 37.8 Å². The second-order valence-corrected chi connectivity index (χ2v) is 9.17. The quantitative estimate of drug-likeness (QED) is 0.434. The van der Waals surface area contributed by atoms with Crippen LogP contribution < -0.4 is 14.8 Å². The van der Waals surface area contributed by atoms with Crippen LogP contribution in [0.15, 0.2) is 54.7 Å². The van der Waals surface area contributed by atoms with Gasteiger partial charge in [0.15, 0.2) is 5.82 Å². The van der Waals surface area contributed by atoms with Gasteiger partial charge < -0.3 is 14.8 Å². The van der Waals surface area contributed by atoms with Crippen molar-refractivity contribution in [2.45, 2.75) is 58.5 Å². The van der Waals surface area contributed by atoms with Crippen LogP contribution in [0, 0.1) is 5.92 Å². The number of aromatic nitrogens is 2. The molecule has 0 atom stereocenters. The maximum Gasteiger partial charge on any atom is 0.229 e.